The van der Waals surface area contributed by atoms with Crippen LogP contribution in [-0.2, 0) is 6.54 Å². The summed E-state index contributed by atoms with van der Waals surface area (Å²) >= 11 is 0. The molecule has 92 valence electrons. The standard InChI is InChI=1S/C12H12N4O2/c17-12(18)9-11-14-6-3-7-16(11)10(15-9)8-4-1-2-5-13-8/h1-2,4-5,14H,3,6-7H2,(H,17,18). The summed E-state index contributed by atoms with van der Waals surface area (Å²) in [6.07, 6.45) is 2.62. The molecule has 0 aromatic carbocycles. The molecule has 0 atom stereocenters. The molecule has 0 spiro atoms. The fourth-order valence-electron chi connectivity index (χ4n) is 2.13. The van der Waals surface area contributed by atoms with Crippen LogP contribution in [0.2, 0.25) is 0 Å². The second-order valence-corrected chi connectivity index (χ2v) is 4.08. The van der Waals surface area contributed by atoms with Crippen molar-refractivity contribution in [3.63, 3.8) is 0 Å². The molecule has 0 unspecified atom stereocenters. The van der Waals surface area contributed by atoms with Crippen LogP contribution < -0.4 is 5.32 Å². The maximum absolute atomic E-state index is 11.2. The molecule has 2 aromatic rings. The van der Waals surface area contributed by atoms with Gasteiger partial charge in [-0.05, 0) is 18.6 Å². The van der Waals surface area contributed by atoms with Crippen molar-refractivity contribution in [3.8, 4) is 11.5 Å². The van der Waals surface area contributed by atoms with E-state index in [1.807, 2.05) is 22.8 Å². The Labute approximate surface area is 103 Å². The highest BCUT2D eigenvalue weighted by atomic mass is 16.4. The van der Waals surface area contributed by atoms with Crippen LogP contribution in [0, 0.1) is 0 Å². The number of imidazole rings is 1. The monoisotopic (exact) mass is 244 g/mol. The van der Waals surface area contributed by atoms with Crippen LogP contribution in [0.15, 0.2) is 24.4 Å². The number of hydrogen-bond acceptors (Lipinski definition) is 4. The van der Waals surface area contributed by atoms with Gasteiger partial charge in [0.1, 0.15) is 11.5 Å². The third-order valence-corrected chi connectivity index (χ3v) is 2.92. The first-order valence-corrected chi connectivity index (χ1v) is 5.76. The molecule has 3 heterocycles. The number of anilines is 1. The largest absolute Gasteiger partial charge is 0.476 e. The fourth-order valence-corrected chi connectivity index (χ4v) is 2.13. The summed E-state index contributed by atoms with van der Waals surface area (Å²) < 4.78 is 1.88. The molecule has 0 bridgehead atoms. The van der Waals surface area contributed by atoms with Gasteiger partial charge < -0.3 is 15.0 Å². The van der Waals surface area contributed by atoms with E-state index in [4.69, 9.17) is 5.11 Å². The zero-order valence-corrected chi connectivity index (χ0v) is 9.63. The molecule has 0 saturated carbocycles. The lowest BCUT2D eigenvalue weighted by Crippen LogP contribution is -2.19. The normalized spacial score (nSPS) is 13.8. The van der Waals surface area contributed by atoms with E-state index >= 15 is 0 Å². The Kier molecular flexibility index (Phi) is 2.47. The summed E-state index contributed by atoms with van der Waals surface area (Å²) in [5.41, 5.74) is 0.755. The van der Waals surface area contributed by atoms with Gasteiger partial charge >= 0.3 is 5.97 Å². The van der Waals surface area contributed by atoms with Crippen LogP contribution >= 0.6 is 0 Å². The third kappa shape index (κ3) is 1.62. The van der Waals surface area contributed by atoms with Gasteiger partial charge in [-0.3, -0.25) is 4.98 Å². The van der Waals surface area contributed by atoms with Gasteiger partial charge in [0.15, 0.2) is 11.5 Å². The van der Waals surface area contributed by atoms with Gasteiger partial charge in [0.2, 0.25) is 0 Å². The third-order valence-electron chi connectivity index (χ3n) is 2.92. The van der Waals surface area contributed by atoms with Crippen molar-refractivity contribution in [1.29, 1.82) is 0 Å². The smallest absolute Gasteiger partial charge is 0.358 e. The number of nitrogens with one attached hydrogen (secondary N) is 1. The quantitative estimate of drug-likeness (QED) is 0.836. The number of carboxylic acid groups (broad SMARTS) is 1. The Hall–Kier alpha value is -2.37. The van der Waals surface area contributed by atoms with E-state index in [-0.39, 0.29) is 5.69 Å². The molecule has 0 amide bonds. The van der Waals surface area contributed by atoms with Crippen molar-refractivity contribution < 1.29 is 9.90 Å². The summed E-state index contributed by atoms with van der Waals surface area (Å²) in [7, 11) is 0. The second kappa shape index (κ2) is 4.14. The predicted octanol–water partition coefficient (Wildman–Crippen LogP) is 1.46. The Morgan fingerprint density at radius 2 is 2.33 bits per heavy atom. The van der Waals surface area contributed by atoms with E-state index in [9.17, 15) is 4.79 Å². The molecule has 1 aliphatic heterocycles. The number of pyridine rings is 1. The van der Waals surface area contributed by atoms with E-state index in [1.54, 1.807) is 6.20 Å². The maximum Gasteiger partial charge on any atom is 0.358 e. The maximum atomic E-state index is 11.2. The highest BCUT2D eigenvalue weighted by Crippen LogP contribution is 2.27. The molecule has 0 aliphatic carbocycles. The molecule has 3 rings (SSSR count). The average Bonchev–Trinajstić information content (AvgIpc) is 2.79. The highest BCUT2D eigenvalue weighted by molar-refractivity contribution is 5.92. The Morgan fingerprint density at radius 1 is 1.44 bits per heavy atom. The first-order valence-electron chi connectivity index (χ1n) is 5.76. The molecular formula is C12H12N4O2. The van der Waals surface area contributed by atoms with E-state index in [2.05, 4.69) is 15.3 Å². The van der Waals surface area contributed by atoms with E-state index in [1.165, 1.54) is 0 Å². The van der Waals surface area contributed by atoms with Crippen LogP contribution in [0.4, 0.5) is 5.82 Å². The van der Waals surface area contributed by atoms with Gasteiger partial charge in [-0.1, -0.05) is 6.07 Å². The number of hydrogen-bond donors (Lipinski definition) is 2. The molecule has 6 heteroatoms. The lowest BCUT2D eigenvalue weighted by molar-refractivity contribution is 0.0692. The lowest BCUT2D eigenvalue weighted by atomic mass is 10.3. The van der Waals surface area contributed by atoms with Gasteiger partial charge in [-0.15, -0.1) is 0 Å². The van der Waals surface area contributed by atoms with Crippen LogP contribution in [-0.4, -0.2) is 32.2 Å². The van der Waals surface area contributed by atoms with Crippen molar-refractivity contribution in [3.05, 3.63) is 30.1 Å². The minimum Gasteiger partial charge on any atom is -0.476 e. The molecular weight excluding hydrogens is 232 g/mol. The van der Waals surface area contributed by atoms with Gasteiger partial charge in [-0.2, -0.15) is 0 Å². The number of nitrogens with zero attached hydrogens (tertiary/aromatic N) is 3. The van der Waals surface area contributed by atoms with E-state index in [0.29, 0.717) is 17.3 Å². The van der Waals surface area contributed by atoms with Crippen molar-refractivity contribution in [2.45, 2.75) is 13.0 Å². The second-order valence-electron chi connectivity index (χ2n) is 4.08. The van der Waals surface area contributed by atoms with Crippen molar-refractivity contribution in [1.82, 2.24) is 14.5 Å². The number of aromatic nitrogens is 3. The van der Waals surface area contributed by atoms with Gasteiger partial charge in [0, 0.05) is 19.3 Å². The number of carboxylic acids is 1. The summed E-state index contributed by atoms with van der Waals surface area (Å²) in [6.45, 7) is 1.53. The topological polar surface area (TPSA) is 80.0 Å². The van der Waals surface area contributed by atoms with E-state index in [0.717, 1.165) is 19.5 Å². The molecule has 2 aromatic heterocycles. The van der Waals surface area contributed by atoms with Crippen LogP contribution in [0.5, 0.6) is 0 Å². The highest BCUT2D eigenvalue weighted by Gasteiger charge is 2.24. The molecule has 0 fully saturated rings. The zero-order valence-electron chi connectivity index (χ0n) is 9.63. The van der Waals surface area contributed by atoms with Crippen LogP contribution in [0.3, 0.4) is 0 Å². The van der Waals surface area contributed by atoms with Crippen LogP contribution in [0.25, 0.3) is 11.5 Å². The van der Waals surface area contributed by atoms with Crippen LogP contribution in [0.1, 0.15) is 16.9 Å². The van der Waals surface area contributed by atoms with Crippen molar-refractivity contribution in [2.24, 2.45) is 0 Å². The summed E-state index contributed by atoms with van der Waals surface area (Å²) in [6, 6.07) is 5.51. The van der Waals surface area contributed by atoms with Gasteiger partial charge in [-0.25, -0.2) is 9.78 Å². The van der Waals surface area contributed by atoms with Gasteiger partial charge in [0.25, 0.3) is 0 Å². The molecule has 0 radical (unpaired) electrons. The Morgan fingerprint density at radius 3 is 3.06 bits per heavy atom. The molecule has 1 aliphatic rings. The SMILES string of the molecule is O=C(O)c1nc(-c2ccccn2)n2c1NCCC2. The predicted molar refractivity (Wildman–Crippen MR) is 65.5 cm³/mol. The van der Waals surface area contributed by atoms with Gasteiger partial charge in [0.05, 0.1) is 0 Å². The average molecular weight is 244 g/mol. The first-order chi connectivity index (χ1) is 8.77. The molecule has 6 nitrogen and oxygen atoms in total. The summed E-state index contributed by atoms with van der Waals surface area (Å²) in [5, 5.41) is 12.3. The Bertz CT molecular complexity index is 592. The number of rotatable bonds is 2. The minimum absolute atomic E-state index is 0.0651. The first kappa shape index (κ1) is 10.8. The zero-order chi connectivity index (χ0) is 12.5. The van der Waals surface area contributed by atoms with E-state index < -0.39 is 5.97 Å². The number of carbonyl (C=O) groups is 1. The summed E-state index contributed by atoms with van der Waals surface area (Å²) in [4.78, 5) is 19.6. The number of aromatic carboxylic acids is 1. The molecule has 18 heavy (non-hydrogen) atoms. The summed E-state index contributed by atoms with van der Waals surface area (Å²) in [5.74, 6) is 0.167. The molecule has 2 N–H and O–H groups in total. The van der Waals surface area contributed by atoms with Crippen molar-refractivity contribution in [2.75, 3.05) is 11.9 Å². The minimum atomic E-state index is -1.02. The lowest BCUT2D eigenvalue weighted by Gasteiger charge is -2.18. The number of fused-ring (bicyclic) bond motifs is 1. The Balaban J connectivity index is 2.18. The molecule has 0 saturated heterocycles. The van der Waals surface area contributed by atoms with Crippen molar-refractivity contribution >= 4 is 11.8 Å². The fraction of sp³-hybridized carbons (Fsp3) is 0.250.